The highest BCUT2D eigenvalue weighted by Gasteiger charge is 1.97. The summed E-state index contributed by atoms with van der Waals surface area (Å²) >= 11 is 5.03. The quantitative estimate of drug-likeness (QED) is 0.539. The van der Waals surface area contributed by atoms with Gasteiger partial charge in [0.25, 0.3) is 0 Å². The average Bonchev–Trinajstić information content (AvgIpc) is 1.68. The normalized spacial score (nSPS) is 11.9. The van der Waals surface area contributed by atoms with Gasteiger partial charge in [0.05, 0.1) is 6.34 Å². The van der Waals surface area contributed by atoms with Gasteiger partial charge in [-0.05, 0) is 20.8 Å². The number of hydrogen-bond acceptors (Lipinski definition) is 1. The van der Waals surface area contributed by atoms with Crippen molar-refractivity contribution in [2.45, 2.75) is 0 Å². The van der Waals surface area contributed by atoms with Crippen LogP contribution in [0.3, 0.4) is 0 Å². The summed E-state index contributed by atoms with van der Waals surface area (Å²) in [6.07, 6.45) is -1.32. The Labute approximate surface area is 49.8 Å². The molecule has 0 saturated carbocycles. The van der Waals surface area contributed by atoms with E-state index in [1.807, 2.05) is 20.8 Å². The topological polar surface area (TPSA) is 24.1 Å². The van der Waals surface area contributed by atoms with E-state index in [0.29, 0.717) is 0 Å². The summed E-state index contributed by atoms with van der Waals surface area (Å²) < 4.78 is 0. The molecule has 0 unspecified atom stereocenters. The van der Waals surface area contributed by atoms with Gasteiger partial charge >= 0.3 is 0 Å². The predicted molar refractivity (Wildman–Crippen MR) is 38.3 cm³/mol. The van der Waals surface area contributed by atoms with E-state index in [9.17, 15) is 0 Å². The summed E-state index contributed by atoms with van der Waals surface area (Å²) in [5.74, 6) is 0. The van der Waals surface area contributed by atoms with Gasteiger partial charge in [0.2, 0.25) is 0 Å². The van der Waals surface area contributed by atoms with Crippen molar-refractivity contribution in [3.8, 4) is 0 Å². The first kappa shape index (κ1) is 7.57. The van der Waals surface area contributed by atoms with Crippen LogP contribution in [0.4, 0.5) is 0 Å². The molecule has 0 saturated heterocycles. The predicted octanol–water partition coefficient (Wildman–Crippen LogP) is 0.364. The average molecular weight is 138 g/mol. The molecule has 0 aromatic rings. The molecule has 0 aliphatic carbocycles. The van der Waals surface area contributed by atoms with Crippen molar-refractivity contribution in [3.63, 3.8) is 0 Å². The zero-order valence-corrected chi connectivity index (χ0v) is 6.57. The van der Waals surface area contributed by atoms with Crippen molar-refractivity contribution in [3.05, 3.63) is 0 Å². The fraction of sp³-hybridized carbons (Fsp3) is 1.00. The van der Waals surface area contributed by atoms with Crippen LogP contribution in [0.5, 0.6) is 0 Å². The first-order valence-corrected chi connectivity index (χ1v) is 5.33. The van der Waals surface area contributed by atoms with E-state index in [1.54, 1.807) is 0 Å². The zero-order chi connectivity index (χ0) is 5.91. The van der Waals surface area contributed by atoms with Gasteiger partial charge in [-0.15, -0.1) is 0 Å². The van der Waals surface area contributed by atoms with Gasteiger partial charge in [-0.1, -0.05) is 11.8 Å². The fourth-order valence-corrected chi connectivity index (χ4v) is 0.335. The van der Waals surface area contributed by atoms with Crippen LogP contribution in [0.2, 0.25) is 0 Å². The number of hydrogen-bond donors (Lipinski definition) is 2. The minimum atomic E-state index is -1.32. The van der Waals surface area contributed by atoms with Gasteiger partial charge in [0.1, 0.15) is 0 Å². The second-order valence-corrected chi connectivity index (χ2v) is 6.31. The van der Waals surface area contributed by atoms with Crippen LogP contribution in [0.15, 0.2) is 0 Å². The monoisotopic (exact) mass is 138 g/mol. The highest BCUT2D eigenvalue weighted by atomic mass is 32.4. The van der Waals surface area contributed by atoms with E-state index in [4.69, 9.17) is 11.8 Å². The lowest BCUT2D eigenvalue weighted by atomic mass is 11.6. The Bertz CT molecular complexity index is 84.9. The van der Waals surface area contributed by atoms with Crippen molar-refractivity contribution >= 4 is 18.1 Å². The largest absolute Gasteiger partial charge is 0.281 e. The lowest BCUT2D eigenvalue weighted by Crippen LogP contribution is -2.12. The molecule has 0 heterocycles. The van der Waals surface area contributed by atoms with E-state index < -0.39 is 6.34 Å². The van der Waals surface area contributed by atoms with Crippen molar-refractivity contribution in [2.75, 3.05) is 20.8 Å². The molecule has 0 rings (SSSR count). The molecule has 0 bridgehead atoms. The van der Waals surface area contributed by atoms with Gasteiger partial charge in [0.15, 0.2) is 0 Å². The molecule has 0 spiro atoms. The van der Waals surface area contributed by atoms with Crippen LogP contribution < -0.4 is 10.2 Å². The van der Waals surface area contributed by atoms with Crippen LogP contribution in [0, 0.1) is 0 Å². The minimum Gasteiger partial charge on any atom is -0.281 e. The molecule has 2 N–H and O–H groups in total. The molecular formula is C3H11N2PS. The van der Waals surface area contributed by atoms with E-state index in [0.717, 1.165) is 0 Å². The Morgan fingerprint density at radius 2 is 1.57 bits per heavy atom. The maximum absolute atomic E-state index is 5.03. The maximum Gasteiger partial charge on any atom is 0.0688 e. The Morgan fingerprint density at radius 1 is 1.29 bits per heavy atom. The zero-order valence-electron chi connectivity index (χ0n) is 4.86. The SMILES string of the molecule is CNP(C)(=S)NC. The molecule has 0 radical (unpaired) electrons. The Balaban J connectivity index is 3.61. The fourth-order valence-electron chi connectivity index (χ4n) is 0.112. The molecule has 0 aromatic heterocycles. The highest BCUT2D eigenvalue weighted by Crippen LogP contribution is 2.27. The minimum absolute atomic E-state index is 1.32. The van der Waals surface area contributed by atoms with E-state index in [1.165, 1.54) is 0 Å². The second kappa shape index (κ2) is 2.78. The summed E-state index contributed by atoms with van der Waals surface area (Å²) in [4.78, 5) is 0. The first-order valence-electron chi connectivity index (χ1n) is 2.08. The van der Waals surface area contributed by atoms with Crippen LogP contribution >= 0.6 is 6.34 Å². The lowest BCUT2D eigenvalue weighted by molar-refractivity contribution is 1.15. The van der Waals surface area contributed by atoms with Crippen LogP contribution in [0.1, 0.15) is 0 Å². The third-order valence-corrected chi connectivity index (χ3v) is 3.66. The van der Waals surface area contributed by atoms with Crippen LogP contribution in [-0.4, -0.2) is 20.8 Å². The molecule has 0 aliphatic heterocycles. The molecule has 0 amide bonds. The summed E-state index contributed by atoms with van der Waals surface area (Å²) in [7, 11) is 3.74. The van der Waals surface area contributed by atoms with Crippen LogP contribution in [-0.2, 0) is 11.8 Å². The molecule has 44 valence electrons. The summed E-state index contributed by atoms with van der Waals surface area (Å²) in [5, 5.41) is 6.01. The summed E-state index contributed by atoms with van der Waals surface area (Å²) in [6, 6.07) is 0. The summed E-state index contributed by atoms with van der Waals surface area (Å²) in [5.41, 5.74) is 0. The van der Waals surface area contributed by atoms with Crippen molar-refractivity contribution in [2.24, 2.45) is 0 Å². The molecule has 0 fully saturated rings. The van der Waals surface area contributed by atoms with Gasteiger partial charge in [-0.25, -0.2) is 0 Å². The third kappa shape index (κ3) is 3.18. The molecule has 4 heteroatoms. The molecule has 2 nitrogen and oxygen atoms in total. The Morgan fingerprint density at radius 3 is 1.57 bits per heavy atom. The first-order chi connectivity index (χ1) is 3.12. The Hall–Kier alpha value is 0.570. The maximum atomic E-state index is 5.03. The van der Waals surface area contributed by atoms with Crippen molar-refractivity contribution < 1.29 is 0 Å². The molecule has 7 heavy (non-hydrogen) atoms. The standard InChI is InChI=1S/C3H11N2PS/c1-4-6(3,7)5-2/h1-3H3,(H2,4,5,7). The van der Waals surface area contributed by atoms with E-state index >= 15 is 0 Å². The molecular weight excluding hydrogens is 127 g/mol. The molecule has 0 atom stereocenters. The third-order valence-electron chi connectivity index (χ3n) is 0.853. The Kier molecular flexibility index (Phi) is 3.00. The lowest BCUT2D eigenvalue weighted by Gasteiger charge is -2.12. The number of nitrogens with one attached hydrogen (secondary N) is 2. The molecule has 0 aromatic carbocycles. The molecule has 0 aliphatic rings. The van der Waals surface area contributed by atoms with Gasteiger partial charge in [-0.3, -0.25) is 10.2 Å². The van der Waals surface area contributed by atoms with Crippen molar-refractivity contribution in [1.82, 2.24) is 10.2 Å². The summed E-state index contributed by atoms with van der Waals surface area (Å²) in [6.45, 7) is 2.00. The van der Waals surface area contributed by atoms with E-state index in [-0.39, 0.29) is 0 Å². The highest BCUT2D eigenvalue weighted by molar-refractivity contribution is 8.12. The smallest absolute Gasteiger partial charge is 0.0688 e. The van der Waals surface area contributed by atoms with Gasteiger partial charge < -0.3 is 0 Å². The van der Waals surface area contributed by atoms with E-state index in [2.05, 4.69) is 10.2 Å². The van der Waals surface area contributed by atoms with Crippen molar-refractivity contribution in [1.29, 1.82) is 0 Å². The van der Waals surface area contributed by atoms with Crippen LogP contribution in [0.25, 0.3) is 0 Å². The van der Waals surface area contributed by atoms with Gasteiger partial charge in [-0.2, -0.15) is 0 Å². The van der Waals surface area contributed by atoms with Gasteiger partial charge in [0, 0.05) is 0 Å². The second-order valence-electron chi connectivity index (χ2n) is 1.37. The number of rotatable bonds is 2.